The van der Waals surface area contributed by atoms with Crippen LogP contribution in [-0.4, -0.2) is 24.6 Å². The van der Waals surface area contributed by atoms with E-state index in [1.165, 1.54) is 0 Å². The van der Waals surface area contributed by atoms with E-state index in [1.54, 1.807) is 55.6 Å². The maximum Gasteiger partial charge on any atom is 0.273 e. The third-order valence-corrected chi connectivity index (χ3v) is 5.55. The highest BCUT2D eigenvalue weighted by Crippen LogP contribution is 2.26. The van der Waals surface area contributed by atoms with Gasteiger partial charge in [0, 0.05) is 16.1 Å². The Kier molecular flexibility index (Phi) is 6.52. The number of hydrogen-bond acceptors (Lipinski definition) is 4. The second-order valence-corrected chi connectivity index (χ2v) is 7.82. The Hall–Kier alpha value is -3.64. The largest absolute Gasteiger partial charge is 0.497 e. The van der Waals surface area contributed by atoms with Crippen molar-refractivity contribution in [3.05, 3.63) is 94.0 Å². The number of nitrogens with zero attached hydrogens (tertiary/aromatic N) is 1. The molecule has 32 heavy (non-hydrogen) atoms. The number of aryl methyl sites for hydroxylation is 1. The predicted molar refractivity (Wildman–Crippen MR) is 126 cm³/mol. The number of carbonyl (C=O) groups excluding carboxylic acids is 2. The molecule has 0 heterocycles. The fraction of sp³-hybridized carbons (Fsp3) is 0.160. The molecule has 0 unspecified atom stereocenters. The van der Waals surface area contributed by atoms with Gasteiger partial charge in [0.15, 0.2) is 0 Å². The topological polar surface area (TPSA) is 79.8 Å². The van der Waals surface area contributed by atoms with Crippen molar-refractivity contribution in [2.24, 2.45) is 5.10 Å². The van der Waals surface area contributed by atoms with Gasteiger partial charge in [0.25, 0.3) is 11.8 Å². The Balaban J connectivity index is 1.52. The van der Waals surface area contributed by atoms with Gasteiger partial charge in [0.2, 0.25) is 0 Å². The molecule has 3 aromatic carbocycles. The highest BCUT2D eigenvalue weighted by molar-refractivity contribution is 6.30. The minimum atomic E-state index is -0.398. The molecule has 0 aromatic heterocycles. The van der Waals surface area contributed by atoms with Crippen LogP contribution in [0.15, 0.2) is 71.8 Å². The van der Waals surface area contributed by atoms with E-state index in [0.29, 0.717) is 21.8 Å². The summed E-state index contributed by atoms with van der Waals surface area (Å²) in [5, 5.41) is 7.73. The van der Waals surface area contributed by atoms with Crippen LogP contribution in [0, 0.1) is 0 Å². The number of methoxy groups -OCH3 is 1. The Labute approximate surface area is 191 Å². The van der Waals surface area contributed by atoms with Gasteiger partial charge in [0.1, 0.15) is 5.75 Å². The molecule has 0 atom stereocenters. The average molecular weight is 448 g/mol. The third-order valence-electron chi connectivity index (χ3n) is 5.30. The second kappa shape index (κ2) is 9.66. The van der Waals surface area contributed by atoms with Crippen molar-refractivity contribution >= 4 is 34.8 Å². The molecule has 0 spiro atoms. The molecule has 7 heteroatoms. The summed E-state index contributed by atoms with van der Waals surface area (Å²) in [7, 11) is 1.64. The van der Waals surface area contributed by atoms with E-state index < -0.39 is 5.91 Å². The zero-order chi connectivity index (χ0) is 22.5. The van der Waals surface area contributed by atoms with E-state index in [1.807, 2.05) is 18.2 Å². The fourth-order valence-electron chi connectivity index (χ4n) is 3.65. The van der Waals surface area contributed by atoms with Crippen LogP contribution in [0.2, 0.25) is 5.02 Å². The van der Waals surface area contributed by atoms with Crippen LogP contribution in [0.1, 0.15) is 44.7 Å². The van der Waals surface area contributed by atoms with E-state index in [9.17, 15) is 9.59 Å². The minimum Gasteiger partial charge on any atom is -0.497 e. The number of hydrazone groups is 1. The zero-order valence-electron chi connectivity index (χ0n) is 17.5. The lowest BCUT2D eigenvalue weighted by Gasteiger charge is -2.18. The number of para-hydroxylation sites is 1. The lowest BCUT2D eigenvalue weighted by Crippen LogP contribution is -2.24. The van der Waals surface area contributed by atoms with Crippen molar-refractivity contribution in [1.29, 1.82) is 0 Å². The van der Waals surface area contributed by atoms with Crippen LogP contribution in [0.4, 0.5) is 5.69 Å². The maximum absolute atomic E-state index is 12.9. The van der Waals surface area contributed by atoms with Crippen molar-refractivity contribution in [1.82, 2.24) is 5.43 Å². The zero-order valence-corrected chi connectivity index (χ0v) is 18.3. The van der Waals surface area contributed by atoms with E-state index in [-0.39, 0.29) is 5.91 Å². The van der Waals surface area contributed by atoms with Gasteiger partial charge in [-0.15, -0.1) is 0 Å². The maximum atomic E-state index is 12.9. The SMILES string of the molecule is COc1ccc2c(c1)CCCC2=NNC(=O)c1ccccc1NC(=O)c1ccc(Cl)cc1. The number of benzene rings is 3. The number of nitrogens with one attached hydrogen (secondary N) is 2. The van der Waals surface area contributed by atoms with Crippen molar-refractivity contribution in [3.8, 4) is 5.75 Å². The molecule has 0 bridgehead atoms. The summed E-state index contributed by atoms with van der Waals surface area (Å²) in [4.78, 5) is 25.4. The van der Waals surface area contributed by atoms with Gasteiger partial charge in [-0.25, -0.2) is 5.43 Å². The fourth-order valence-corrected chi connectivity index (χ4v) is 3.77. The average Bonchev–Trinajstić information content (AvgIpc) is 2.82. The summed E-state index contributed by atoms with van der Waals surface area (Å²) in [5.41, 5.74) is 6.81. The smallest absolute Gasteiger partial charge is 0.273 e. The highest BCUT2D eigenvalue weighted by atomic mass is 35.5. The summed E-state index contributed by atoms with van der Waals surface area (Å²) in [5.74, 6) is 0.0768. The van der Waals surface area contributed by atoms with Crippen molar-refractivity contribution in [2.75, 3.05) is 12.4 Å². The first-order chi connectivity index (χ1) is 15.5. The first kappa shape index (κ1) is 21.6. The van der Waals surface area contributed by atoms with Gasteiger partial charge in [-0.05, 0) is 79.4 Å². The Morgan fingerprint density at radius 2 is 1.75 bits per heavy atom. The molecule has 0 aliphatic heterocycles. The van der Waals surface area contributed by atoms with E-state index in [2.05, 4.69) is 15.8 Å². The number of amides is 2. The summed E-state index contributed by atoms with van der Waals surface area (Å²) < 4.78 is 5.30. The Morgan fingerprint density at radius 1 is 0.969 bits per heavy atom. The molecule has 2 N–H and O–H groups in total. The second-order valence-electron chi connectivity index (χ2n) is 7.38. The normalized spacial score (nSPS) is 13.9. The van der Waals surface area contributed by atoms with E-state index in [0.717, 1.165) is 41.9 Å². The van der Waals surface area contributed by atoms with Crippen LogP contribution >= 0.6 is 11.6 Å². The van der Waals surface area contributed by atoms with Gasteiger partial charge >= 0.3 is 0 Å². The van der Waals surface area contributed by atoms with Crippen LogP contribution < -0.4 is 15.5 Å². The molecule has 1 aliphatic rings. The molecule has 0 radical (unpaired) electrons. The van der Waals surface area contributed by atoms with Crippen molar-refractivity contribution in [2.45, 2.75) is 19.3 Å². The summed E-state index contributed by atoms with van der Waals surface area (Å²) in [6, 6.07) is 19.2. The number of rotatable bonds is 5. The molecule has 1 aliphatic carbocycles. The lowest BCUT2D eigenvalue weighted by atomic mass is 9.90. The van der Waals surface area contributed by atoms with Gasteiger partial charge in [-0.2, -0.15) is 5.10 Å². The number of hydrogen-bond donors (Lipinski definition) is 2. The standard InChI is InChI=1S/C25H22ClN3O3/c1-32-19-13-14-20-17(15-19)5-4-8-23(20)28-29-25(31)21-6-2-3-7-22(21)27-24(30)16-9-11-18(26)12-10-16/h2-3,6-7,9-15H,4-5,8H2,1H3,(H,27,30)(H,29,31). The molecule has 0 fully saturated rings. The predicted octanol–water partition coefficient (Wildman–Crippen LogP) is 5.07. The molecule has 0 saturated carbocycles. The third kappa shape index (κ3) is 4.81. The molecule has 162 valence electrons. The van der Waals surface area contributed by atoms with Crippen LogP contribution in [-0.2, 0) is 6.42 Å². The number of ether oxygens (including phenoxy) is 1. The van der Waals surface area contributed by atoms with Crippen LogP contribution in [0.3, 0.4) is 0 Å². The molecule has 3 aromatic rings. The number of halogens is 1. The summed E-state index contributed by atoms with van der Waals surface area (Å²) in [6.45, 7) is 0. The van der Waals surface area contributed by atoms with E-state index in [4.69, 9.17) is 16.3 Å². The van der Waals surface area contributed by atoms with Gasteiger partial charge in [-0.1, -0.05) is 23.7 Å². The minimum absolute atomic E-state index is 0.324. The lowest BCUT2D eigenvalue weighted by molar-refractivity contribution is 0.0955. The van der Waals surface area contributed by atoms with Gasteiger partial charge in [-0.3, -0.25) is 9.59 Å². The Bertz CT molecular complexity index is 1190. The molecular formula is C25H22ClN3O3. The molecular weight excluding hydrogens is 426 g/mol. The first-order valence-corrected chi connectivity index (χ1v) is 10.6. The van der Waals surface area contributed by atoms with Gasteiger partial charge < -0.3 is 10.1 Å². The molecule has 0 saturated heterocycles. The first-order valence-electron chi connectivity index (χ1n) is 10.3. The summed E-state index contributed by atoms with van der Waals surface area (Å²) in [6.07, 6.45) is 2.66. The summed E-state index contributed by atoms with van der Waals surface area (Å²) >= 11 is 5.89. The number of anilines is 1. The van der Waals surface area contributed by atoms with Crippen molar-refractivity contribution in [3.63, 3.8) is 0 Å². The molecule has 2 amide bonds. The van der Waals surface area contributed by atoms with E-state index >= 15 is 0 Å². The molecule has 4 rings (SSSR count). The highest BCUT2D eigenvalue weighted by Gasteiger charge is 2.18. The quantitative estimate of drug-likeness (QED) is 0.536. The number of fused-ring (bicyclic) bond motifs is 1. The Morgan fingerprint density at radius 3 is 2.53 bits per heavy atom. The van der Waals surface area contributed by atoms with Crippen molar-refractivity contribution < 1.29 is 14.3 Å². The monoisotopic (exact) mass is 447 g/mol. The number of carbonyl (C=O) groups is 2. The van der Waals surface area contributed by atoms with Gasteiger partial charge in [0.05, 0.1) is 24.1 Å². The van der Waals surface area contributed by atoms with Crippen LogP contribution in [0.5, 0.6) is 5.75 Å². The van der Waals surface area contributed by atoms with Crippen LogP contribution in [0.25, 0.3) is 0 Å². The molecule has 6 nitrogen and oxygen atoms in total.